The average Bonchev–Trinajstić information content (AvgIpc) is 2.86. The Morgan fingerprint density at radius 2 is 1.96 bits per heavy atom. The molecule has 0 spiro atoms. The molecule has 0 bridgehead atoms. The molecule has 1 heterocycles. The highest BCUT2D eigenvalue weighted by atomic mass is 35.5. The van der Waals surface area contributed by atoms with Gasteiger partial charge in [0.2, 0.25) is 0 Å². The van der Waals surface area contributed by atoms with Gasteiger partial charge in [0, 0.05) is 22.7 Å². The number of phenolic OH excluding ortho intramolecular Hbond substituents is 1. The summed E-state index contributed by atoms with van der Waals surface area (Å²) in [7, 11) is 0. The number of nitrogens with zero attached hydrogens (tertiary/aromatic N) is 2. The van der Waals surface area contributed by atoms with Crippen molar-refractivity contribution in [1.29, 1.82) is 0 Å². The van der Waals surface area contributed by atoms with E-state index in [4.69, 9.17) is 23.8 Å². The molecule has 1 aliphatic rings. The molecule has 9 heteroatoms. The largest absolute Gasteiger partial charge is 0.507 e. The molecule has 6 nitrogen and oxygen atoms in total. The van der Waals surface area contributed by atoms with E-state index in [1.165, 1.54) is 29.2 Å². The van der Waals surface area contributed by atoms with Crippen LogP contribution in [0.15, 0.2) is 47.4 Å². The first kappa shape index (κ1) is 18.4. The van der Waals surface area contributed by atoms with Crippen molar-refractivity contribution in [3.8, 4) is 5.75 Å². The second kappa shape index (κ2) is 7.45. The summed E-state index contributed by atoms with van der Waals surface area (Å²) in [5, 5.41) is 21.4. The molecular weight excluding hydrogens is 396 g/mol. The van der Waals surface area contributed by atoms with Crippen LogP contribution < -0.4 is 0 Å². The van der Waals surface area contributed by atoms with Crippen molar-refractivity contribution in [3.05, 3.63) is 73.6 Å². The number of phenols is 1. The van der Waals surface area contributed by atoms with E-state index < -0.39 is 4.92 Å². The summed E-state index contributed by atoms with van der Waals surface area (Å²) in [5.74, 6) is -0.473. The Morgan fingerprint density at radius 1 is 1.27 bits per heavy atom. The van der Waals surface area contributed by atoms with E-state index in [9.17, 15) is 20.0 Å². The van der Waals surface area contributed by atoms with Gasteiger partial charge in [-0.15, -0.1) is 0 Å². The van der Waals surface area contributed by atoms with Gasteiger partial charge in [0.15, 0.2) is 0 Å². The molecule has 2 aromatic carbocycles. The van der Waals surface area contributed by atoms with Crippen LogP contribution in [0.2, 0.25) is 5.02 Å². The van der Waals surface area contributed by atoms with E-state index in [1.807, 2.05) is 0 Å². The minimum Gasteiger partial charge on any atom is -0.507 e. The second-order valence-corrected chi connectivity index (χ2v) is 7.51. The van der Waals surface area contributed by atoms with Crippen molar-refractivity contribution in [2.24, 2.45) is 0 Å². The maximum atomic E-state index is 12.6. The summed E-state index contributed by atoms with van der Waals surface area (Å²) in [6.45, 7) is 0.292. The minimum absolute atomic E-state index is 0.154. The molecule has 0 aromatic heterocycles. The van der Waals surface area contributed by atoms with Crippen molar-refractivity contribution in [2.45, 2.75) is 6.54 Å². The van der Waals surface area contributed by atoms with E-state index in [1.54, 1.807) is 24.3 Å². The van der Waals surface area contributed by atoms with E-state index in [0.717, 1.165) is 17.3 Å². The van der Waals surface area contributed by atoms with Crippen molar-refractivity contribution in [1.82, 2.24) is 4.90 Å². The Kier molecular flexibility index (Phi) is 5.26. The van der Waals surface area contributed by atoms with E-state index in [0.29, 0.717) is 20.8 Å². The first-order chi connectivity index (χ1) is 12.3. The highest BCUT2D eigenvalue weighted by molar-refractivity contribution is 8.26. The van der Waals surface area contributed by atoms with Gasteiger partial charge in [0.25, 0.3) is 11.6 Å². The van der Waals surface area contributed by atoms with Gasteiger partial charge >= 0.3 is 0 Å². The zero-order chi connectivity index (χ0) is 18.8. The summed E-state index contributed by atoms with van der Waals surface area (Å²) in [6, 6.07) is 10.7. The molecule has 0 saturated carbocycles. The number of carbonyl (C=O) groups excluding carboxylic acids is 1. The van der Waals surface area contributed by atoms with Crippen molar-refractivity contribution in [2.75, 3.05) is 0 Å². The monoisotopic (exact) mass is 406 g/mol. The maximum absolute atomic E-state index is 12.6. The number of halogens is 1. The Balaban J connectivity index is 1.86. The van der Waals surface area contributed by atoms with Crippen molar-refractivity contribution in [3.63, 3.8) is 0 Å². The Hall–Kier alpha value is -2.42. The molecule has 0 aliphatic carbocycles. The van der Waals surface area contributed by atoms with Crippen LogP contribution in [0.25, 0.3) is 6.08 Å². The molecule has 1 fully saturated rings. The number of carbonyl (C=O) groups is 1. The second-order valence-electron chi connectivity index (χ2n) is 5.39. The van der Waals surface area contributed by atoms with Gasteiger partial charge in [-0.05, 0) is 29.8 Å². The molecule has 1 saturated heterocycles. The smallest absolute Gasteiger partial charge is 0.270 e. The zero-order valence-electron chi connectivity index (χ0n) is 13.1. The molecule has 1 aliphatic heterocycles. The molecule has 26 heavy (non-hydrogen) atoms. The molecule has 1 N–H and O–H groups in total. The van der Waals surface area contributed by atoms with Crippen LogP contribution in [0.5, 0.6) is 5.75 Å². The fourth-order valence-corrected chi connectivity index (χ4v) is 3.69. The minimum atomic E-state index is -0.567. The number of amides is 1. The number of thiocarbonyl (C=S) groups is 1. The highest BCUT2D eigenvalue weighted by Gasteiger charge is 2.32. The summed E-state index contributed by atoms with van der Waals surface area (Å²) < 4.78 is 0.376. The normalized spacial score (nSPS) is 15.7. The summed E-state index contributed by atoms with van der Waals surface area (Å²) in [6.07, 6.45) is 1.41. The maximum Gasteiger partial charge on any atom is 0.270 e. The highest BCUT2D eigenvalue weighted by Crippen LogP contribution is 2.35. The fraction of sp³-hybridized carbons (Fsp3) is 0.0588. The molecule has 0 unspecified atom stereocenters. The summed E-state index contributed by atoms with van der Waals surface area (Å²) in [4.78, 5) is 24.7. The lowest BCUT2D eigenvalue weighted by Gasteiger charge is -2.14. The lowest BCUT2D eigenvalue weighted by atomic mass is 10.1. The van der Waals surface area contributed by atoms with Crippen LogP contribution in [0.1, 0.15) is 11.1 Å². The molecule has 132 valence electrons. The third kappa shape index (κ3) is 3.87. The van der Waals surface area contributed by atoms with Crippen LogP contribution in [-0.4, -0.2) is 25.2 Å². The van der Waals surface area contributed by atoms with Crippen LogP contribution >= 0.6 is 35.6 Å². The summed E-state index contributed by atoms with van der Waals surface area (Å²) in [5.41, 5.74) is 0.877. The van der Waals surface area contributed by atoms with Crippen LogP contribution in [0, 0.1) is 10.1 Å². The fourth-order valence-electron chi connectivity index (χ4n) is 2.32. The molecular formula is C17H11ClN2O4S2. The van der Waals surface area contributed by atoms with E-state index >= 15 is 0 Å². The third-order valence-corrected chi connectivity index (χ3v) is 5.27. The number of rotatable bonds is 4. The zero-order valence-corrected chi connectivity index (χ0v) is 15.5. The predicted octanol–water partition coefficient (Wildman–Crippen LogP) is 4.36. The van der Waals surface area contributed by atoms with Gasteiger partial charge in [-0.25, -0.2) is 0 Å². The van der Waals surface area contributed by atoms with Crippen LogP contribution in [0.4, 0.5) is 5.69 Å². The van der Waals surface area contributed by atoms with Crippen molar-refractivity contribution < 1.29 is 14.8 Å². The number of non-ortho nitro benzene ring substituents is 1. The van der Waals surface area contributed by atoms with Gasteiger partial charge < -0.3 is 5.11 Å². The number of aromatic hydroxyl groups is 1. The van der Waals surface area contributed by atoms with E-state index in [2.05, 4.69) is 0 Å². The molecule has 0 atom stereocenters. The average molecular weight is 407 g/mol. The molecule has 1 amide bonds. The SMILES string of the molecule is O=C1/C(=C\c2cc([N+](=O)[O-])ccc2O)SC(=S)N1Cc1ccc(Cl)cc1. The lowest BCUT2D eigenvalue weighted by molar-refractivity contribution is -0.384. The van der Waals surface area contributed by atoms with Gasteiger partial charge in [0.1, 0.15) is 10.1 Å². The standard InChI is InChI=1S/C17H11ClN2O4S2/c18-12-3-1-10(2-4-12)9-19-16(22)15(26-17(19)25)8-11-7-13(20(23)24)5-6-14(11)21/h1-8,21H,9H2/b15-8+. The molecule has 3 rings (SSSR count). The number of thioether (sulfide) groups is 1. The Bertz CT molecular complexity index is 944. The number of hydrogen-bond acceptors (Lipinski definition) is 6. The number of hydrogen-bond donors (Lipinski definition) is 1. The van der Waals surface area contributed by atoms with E-state index in [-0.39, 0.29) is 22.9 Å². The van der Waals surface area contributed by atoms with Gasteiger partial charge in [-0.1, -0.05) is 47.7 Å². The van der Waals surface area contributed by atoms with Crippen LogP contribution in [0.3, 0.4) is 0 Å². The predicted molar refractivity (Wildman–Crippen MR) is 105 cm³/mol. The van der Waals surface area contributed by atoms with Gasteiger partial charge in [-0.2, -0.15) is 0 Å². The quantitative estimate of drug-likeness (QED) is 0.351. The topological polar surface area (TPSA) is 83.7 Å². The third-order valence-electron chi connectivity index (χ3n) is 3.64. The number of nitro benzene ring substituents is 1. The molecule has 0 radical (unpaired) electrons. The van der Waals surface area contributed by atoms with Crippen molar-refractivity contribution >= 4 is 57.6 Å². The number of benzene rings is 2. The number of nitro groups is 1. The lowest BCUT2D eigenvalue weighted by Crippen LogP contribution is -2.27. The Morgan fingerprint density at radius 3 is 2.62 bits per heavy atom. The van der Waals surface area contributed by atoms with Gasteiger partial charge in [-0.3, -0.25) is 19.8 Å². The first-order valence-electron chi connectivity index (χ1n) is 7.32. The summed E-state index contributed by atoms with van der Waals surface area (Å²) >= 11 is 12.2. The Labute approximate surface area is 163 Å². The molecule has 2 aromatic rings. The first-order valence-corrected chi connectivity index (χ1v) is 8.92. The van der Waals surface area contributed by atoms with Gasteiger partial charge in [0.05, 0.1) is 16.4 Å². The van der Waals surface area contributed by atoms with Crippen LogP contribution in [-0.2, 0) is 11.3 Å².